The Kier molecular flexibility index (Phi) is 4.15. The number of anilines is 1. The van der Waals surface area contributed by atoms with E-state index in [0.29, 0.717) is 6.04 Å². The van der Waals surface area contributed by atoms with Crippen LogP contribution in [0.25, 0.3) is 0 Å². The number of carbonyl (C=O) groups is 1. The van der Waals surface area contributed by atoms with E-state index in [1.807, 2.05) is 48.2 Å². The van der Waals surface area contributed by atoms with E-state index in [9.17, 15) is 4.79 Å². The highest BCUT2D eigenvalue weighted by Gasteiger charge is 2.31. The van der Waals surface area contributed by atoms with Crippen molar-refractivity contribution in [1.29, 1.82) is 0 Å². The van der Waals surface area contributed by atoms with Crippen molar-refractivity contribution in [3.8, 4) is 0 Å². The van der Waals surface area contributed by atoms with Crippen molar-refractivity contribution in [3.63, 3.8) is 0 Å². The van der Waals surface area contributed by atoms with Crippen LogP contribution in [0.15, 0.2) is 24.3 Å². The average Bonchev–Trinajstić information content (AvgIpc) is 3.17. The van der Waals surface area contributed by atoms with Crippen LogP contribution in [0.5, 0.6) is 0 Å². The van der Waals surface area contributed by atoms with Gasteiger partial charge >= 0.3 is 0 Å². The zero-order valence-corrected chi connectivity index (χ0v) is 13.1. The van der Waals surface area contributed by atoms with Crippen molar-refractivity contribution in [2.75, 3.05) is 45.2 Å². The van der Waals surface area contributed by atoms with Crippen LogP contribution in [0.2, 0.25) is 0 Å². The Morgan fingerprint density at radius 3 is 2.67 bits per heavy atom. The van der Waals surface area contributed by atoms with Gasteiger partial charge in [0.2, 0.25) is 0 Å². The average molecular weight is 287 g/mol. The van der Waals surface area contributed by atoms with Gasteiger partial charge in [-0.1, -0.05) is 6.07 Å². The van der Waals surface area contributed by atoms with Gasteiger partial charge < -0.3 is 9.80 Å². The molecule has 2 saturated heterocycles. The summed E-state index contributed by atoms with van der Waals surface area (Å²) in [6, 6.07) is 8.50. The first kappa shape index (κ1) is 14.4. The zero-order valence-electron chi connectivity index (χ0n) is 13.1. The molecule has 2 aliphatic heterocycles. The number of hydrogen-bond donors (Lipinski definition) is 0. The van der Waals surface area contributed by atoms with Crippen molar-refractivity contribution in [3.05, 3.63) is 29.8 Å². The monoisotopic (exact) mass is 287 g/mol. The van der Waals surface area contributed by atoms with Gasteiger partial charge in [0, 0.05) is 44.5 Å². The molecule has 2 heterocycles. The second-order valence-electron chi connectivity index (χ2n) is 6.38. The topological polar surface area (TPSA) is 26.8 Å². The Bertz CT molecular complexity index is 509. The van der Waals surface area contributed by atoms with E-state index in [4.69, 9.17) is 0 Å². The van der Waals surface area contributed by atoms with E-state index < -0.39 is 0 Å². The normalized spacial score (nSPS) is 22.8. The van der Waals surface area contributed by atoms with Crippen LogP contribution >= 0.6 is 0 Å². The van der Waals surface area contributed by atoms with Crippen molar-refractivity contribution in [2.45, 2.75) is 25.3 Å². The Hall–Kier alpha value is -1.55. The lowest BCUT2D eigenvalue weighted by molar-refractivity contribution is 0.0780. The first-order valence-electron chi connectivity index (χ1n) is 7.96. The standard InChI is InChI=1S/C17H25N3O/c1-18(2)15-7-5-6-14(12-15)17(21)20-11-8-16(13-20)19-9-3-4-10-19/h5-7,12,16H,3-4,8-11,13H2,1-2H3. The van der Waals surface area contributed by atoms with Crippen molar-refractivity contribution < 1.29 is 4.79 Å². The third-order valence-electron chi connectivity index (χ3n) is 4.72. The van der Waals surface area contributed by atoms with E-state index in [-0.39, 0.29) is 5.91 Å². The van der Waals surface area contributed by atoms with Gasteiger partial charge in [-0.25, -0.2) is 0 Å². The predicted molar refractivity (Wildman–Crippen MR) is 85.9 cm³/mol. The van der Waals surface area contributed by atoms with Gasteiger partial charge in [-0.05, 0) is 50.6 Å². The molecule has 1 unspecified atom stereocenters. The molecule has 2 fully saturated rings. The molecular weight excluding hydrogens is 262 g/mol. The van der Waals surface area contributed by atoms with Gasteiger partial charge in [0.1, 0.15) is 0 Å². The Morgan fingerprint density at radius 1 is 1.19 bits per heavy atom. The second kappa shape index (κ2) is 6.06. The predicted octanol–water partition coefficient (Wildman–Crippen LogP) is 2.06. The maximum absolute atomic E-state index is 12.7. The number of benzene rings is 1. The van der Waals surface area contributed by atoms with Crippen LogP contribution < -0.4 is 4.90 Å². The fourth-order valence-corrected chi connectivity index (χ4v) is 3.43. The minimum atomic E-state index is 0.181. The molecule has 0 spiro atoms. The van der Waals surface area contributed by atoms with E-state index in [1.165, 1.54) is 25.9 Å². The molecule has 4 heteroatoms. The van der Waals surface area contributed by atoms with Gasteiger partial charge in [0.05, 0.1) is 0 Å². The first-order valence-corrected chi connectivity index (χ1v) is 7.96. The van der Waals surface area contributed by atoms with E-state index in [0.717, 1.165) is 30.8 Å². The first-order chi connectivity index (χ1) is 10.1. The Labute approximate surface area is 127 Å². The third kappa shape index (κ3) is 3.05. The summed E-state index contributed by atoms with van der Waals surface area (Å²) in [4.78, 5) is 19.3. The molecule has 0 aliphatic carbocycles. The summed E-state index contributed by atoms with van der Waals surface area (Å²) in [5.74, 6) is 0.181. The van der Waals surface area contributed by atoms with Crippen molar-refractivity contribution in [1.82, 2.24) is 9.80 Å². The van der Waals surface area contributed by atoms with E-state index >= 15 is 0 Å². The maximum atomic E-state index is 12.7. The summed E-state index contributed by atoms with van der Waals surface area (Å²) in [5, 5.41) is 0. The van der Waals surface area contributed by atoms with Crippen LogP contribution in [-0.4, -0.2) is 62.0 Å². The molecule has 2 aliphatic rings. The molecule has 0 bridgehead atoms. The quantitative estimate of drug-likeness (QED) is 0.851. The largest absolute Gasteiger partial charge is 0.378 e. The summed E-state index contributed by atoms with van der Waals surface area (Å²) in [6.07, 6.45) is 3.75. The van der Waals surface area contributed by atoms with Crippen molar-refractivity contribution >= 4 is 11.6 Å². The molecule has 1 amide bonds. The zero-order chi connectivity index (χ0) is 14.8. The van der Waals surface area contributed by atoms with Gasteiger partial charge in [-0.15, -0.1) is 0 Å². The molecule has 4 nitrogen and oxygen atoms in total. The number of carbonyl (C=O) groups excluding carboxylic acids is 1. The minimum Gasteiger partial charge on any atom is -0.378 e. The summed E-state index contributed by atoms with van der Waals surface area (Å²) in [7, 11) is 4.01. The van der Waals surface area contributed by atoms with Gasteiger partial charge in [-0.2, -0.15) is 0 Å². The molecule has 1 aromatic rings. The lowest BCUT2D eigenvalue weighted by Gasteiger charge is -2.24. The van der Waals surface area contributed by atoms with Crippen LogP contribution in [0, 0.1) is 0 Å². The summed E-state index contributed by atoms with van der Waals surface area (Å²) in [5.41, 5.74) is 1.89. The second-order valence-corrected chi connectivity index (χ2v) is 6.38. The minimum absolute atomic E-state index is 0.181. The molecule has 1 aromatic carbocycles. The van der Waals surface area contributed by atoms with Crippen LogP contribution in [0.3, 0.4) is 0 Å². The fourth-order valence-electron chi connectivity index (χ4n) is 3.43. The Morgan fingerprint density at radius 2 is 1.95 bits per heavy atom. The smallest absolute Gasteiger partial charge is 0.253 e. The van der Waals surface area contributed by atoms with Crippen LogP contribution in [0.4, 0.5) is 5.69 Å². The molecule has 0 saturated carbocycles. The lowest BCUT2D eigenvalue weighted by atomic mass is 10.1. The summed E-state index contributed by atoms with van der Waals surface area (Å²) < 4.78 is 0. The molecule has 21 heavy (non-hydrogen) atoms. The lowest BCUT2D eigenvalue weighted by Crippen LogP contribution is -2.37. The number of amides is 1. The molecule has 114 valence electrons. The molecule has 1 atom stereocenters. The maximum Gasteiger partial charge on any atom is 0.253 e. The van der Waals surface area contributed by atoms with Gasteiger partial charge in [0.15, 0.2) is 0 Å². The fraction of sp³-hybridized carbons (Fsp3) is 0.588. The molecule has 3 rings (SSSR count). The van der Waals surface area contributed by atoms with E-state index in [1.54, 1.807) is 0 Å². The van der Waals surface area contributed by atoms with Crippen LogP contribution in [0.1, 0.15) is 29.6 Å². The number of likely N-dealkylation sites (tertiary alicyclic amines) is 2. The number of hydrogen-bond acceptors (Lipinski definition) is 3. The van der Waals surface area contributed by atoms with Crippen molar-refractivity contribution in [2.24, 2.45) is 0 Å². The molecule has 0 radical (unpaired) electrons. The molecular formula is C17H25N3O. The Balaban J connectivity index is 1.67. The summed E-state index contributed by atoms with van der Waals surface area (Å²) >= 11 is 0. The summed E-state index contributed by atoms with van der Waals surface area (Å²) in [6.45, 7) is 4.21. The van der Waals surface area contributed by atoms with Crippen LogP contribution in [-0.2, 0) is 0 Å². The van der Waals surface area contributed by atoms with E-state index in [2.05, 4.69) is 4.90 Å². The molecule has 0 N–H and O–H groups in total. The SMILES string of the molecule is CN(C)c1cccc(C(=O)N2CCC(N3CCCC3)C2)c1. The highest BCUT2D eigenvalue weighted by molar-refractivity contribution is 5.95. The highest BCUT2D eigenvalue weighted by Crippen LogP contribution is 2.23. The molecule has 0 aromatic heterocycles. The highest BCUT2D eigenvalue weighted by atomic mass is 16.2. The number of rotatable bonds is 3. The third-order valence-corrected chi connectivity index (χ3v) is 4.72. The van der Waals surface area contributed by atoms with Gasteiger partial charge in [0.25, 0.3) is 5.91 Å². The van der Waals surface area contributed by atoms with Gasteiger partial charge in [-0.3, -0.25) is 9.69 Å². The number of nitrogens with zero attached hydrogens (tertiary/aromatic N) is 3.